The van der Waals surface area contributed by atoms with Crippen molar-refractivity contribution in [2.24, 2.45) is 0 Å². The first-order valence-corrected chi connectivity index (χ1v) is 9.81. The normalized spacial score (nSPS) is 14.1. The average molecular weight is 404 g/mol. The molecule has 0 spiro atoms. The summed E-state index contributed by atoms with van der Waals surface area (Å²) in [6.45, 7) is 2.61. The van der Waals surface area contributed by atoms with Crippen LogP contribution < -0.4 is 15.5 Å². The highest BCUT2D eigenvalue weighted by Gasteiger charge is 2.15. The number of rotatable bonds is 5. The van der Waals surface area contributed by atoms with Crippen LogP contribution in [0.15, 0.2) is 60.9 Å². The van der Waals surface area contributed by atoms with E-state index in [4.69, 9.17) is 4.74 Å². The predicted molar refractivity (Wildman–Crippen MR) is 116 cm³/mol. The summed E-state index contributed by atoms with van der Waals surface area (Å²) in [5.41, 5.74) is 3.18. The lowest BCUT2D eigenvalue weighted by molar-refractivity contribution is 0.122. The molecule has 0 unspecified atom stereocenters. The van der Waals surface area contributed by atoms with Gasteiger partial charge in [0.05, 0.1) is 18.9 Å². The largest absolute Gasteiger partial charge is 0.378 e. The number of nitrogens with one attached hydrogen (secondary N) is 3. The summed E-state index contributed by atoms with van der Waals surface area (Å²) in [6.07, 6.45) is 3.57. The number of morpholine rings is 1. The number of fused-ring (bicyclic) bond motifs is 1. The maximum Gasteiger partial charge on any atom is 0.229 e. The molecule has 152 valence electrons. The molecule has 1 fully saturated rings. The molecule has 1 saturated heterocycles. The van der Waals surface area contributed by atoms with Crippen LogP contribution in [0.4, 0.5) is 33.2 Å². The Balaban J connectivity index is 1.31. The maximum absolute atomic E-state index is 14.6. The Morgan fingerprint density at radius 1 is 0.967 bits per heavy atom. The van der Waals surface area contributed by atoms with Crippen LogP contribution in [0.1, 0.15) is 0 Å². The Hall–Kier alpha value is -3.65. The SMILES string of the molecule is Fc1cc(Nc2nccc(Nc3ccc4[nH]ccc4c3)n2)ccc1N1CCOCC1. The number of ether oxygens (including phenoxy) is 1. The number of anilines is 5. The van der Waals surface area contributed by atoms with E-state index in [2.05, 4.69) is 25.6 Å². The van der Waals surface area contributed by atoms with E-state index >= 15 is 0 Å². The summed E-state index contributed by atoms with van der Waals surface area (Å²) in [7, 11) is 0. The second kappa shape index (κ2) is 8.00. The first kappa shape index (κ1) is 18.4. The van der Waals surface area contributed by atoms with Crippen molar-refractivity contribution in [1.82, 2.24) is 15.0 Å². The minimum Gasteiger partial charge on any atom is -0.378 e. The molecule has 0 bridgehead atoms. The molecule has 0 amide bonds. The van der Waals surface area contributed by atoms with Crippen LogP contribution in [0, 0.1) is 5.82 Å². The Morgan fingerprint density at radius 2 is 1.80 bits per heavy atom. The average Bonchev–Trinajstić information content (AvgIpc) is 3.23. The maximum atomic E-state index is 14.6. The van der Waals surface area contributed by atoms with Gasteiger partial charge in [0, 0.05) is 47.8 Å². The molecule has 0 atom stereocenters. The Bertz CT molecular complexity index is 1170. The molecule has 4 aromatic rings. The van der Waals surface area contributed by atoms with E-state index in [-0.39, 0.29) is 5.82 Å². The number of hydrogen-bond donors (Lipinski definition) is 3. The topological polar surface area (TPSA) is 78.1 Å². The van der Waals surface area contributed by atoms with Crippen molar-refractivity contribution in [2.45, 2.75) is 0 Å². The zero-order valence-corrected chi connectivity index (χ0v) is 16.2. The second-order valence-corrected chi connectivity index (χ2v) is 7.06. The summed E-state index contributed by atoms with van der Waals surface area (Å²) in [4.78, 5) is 13.9. The molecular weight excluding hydrogens is 383 g/mol. The van der Waals surface area contributed by atoms with E-state index < -0.39 is 0 Å². The standard InChI is InChI=1S/C22H21FN6O/c23-18-14-17(2-4-20(18)29-9-11-30-12-10-29)27-22-25-8-6-21(28-22)26-16-1-3-19-15(13-16)5-7-24-19/h1-8,13-14,24H,9-12H2,(H2,25,26,27,28). The Kier molecular flexibility index (Phi) is 4.90. The minimum absolute atomic E-state index is 0.281. The number of aromatic nitrogens is 3. The van der Waals surface area contributed by atoms with Crippen LogP contribution in [0.2, 0.25) is 0 Å². The van der Waals surface area contributed by atoms with Gasteiger partial charge in [-0.3, -0.25) is 0 Å². The molecule has 0 aliphatic carbocycles. The fraction of sp³-hybridized carbons (Fsp3) is 0.182. The first-order chi connectivity index (χ1) is 14.7. The number of H-pyrrole nitrogens is 1. The smallest absolute Gasteiger partial charge is 0.229 e. The molecule has 1 aliphatic heterocycles. The lowest BCUT2D eigenvalue weighted by Gasteiger charge is -2.29. The third-order valence-corrected chi connectivity index (χ3v) is 5.04. The summed E-state index contributed by atoms with van der Waals surface area (Å²) in [6, 6.07) is 14.9. The lowest BCUT2D eigenvalue weighted by atomic mass is 10.2. The van der Waals surface area contributed by atoms with E-state index in [1.165, 1.54) is 6.07 Å². The van der Waals surface area contributed by atoms with Crippen LogP contribution in [-0.4, -0.2) is 41.3 Å². The molecule has 3 N–H and O–H groups in total. The molecule has 0 saturated carbocycles. The Morgan fingerprint density at radius 3 is 2.67 bits per heavy atom. The predicted octanol–water partition coefficient (Wildman–Crippen LogP) is 4.42. The molecule has 2 aromatic heterocycles. The molecule has 2 aromatic carbocycles. The van der Waals surface area contributed by atoms with Gasteiger partial charge >= 0.3 is 0 Å². The van der Waals surface area contributed by atoms with Crippen LogP contribution >= 0.6 is 0 Å². The summed E-state index contributed by atoms with van der Waals surface area (Å²) < 4.78 is 20.0. The molecule has 1 aliphatic rings. The van der Waals surface area contributed by atoms with Gasteiger partial charge in [-0.05, 0) is 48.5 Å². The zero-order valence-electron chi connectivity index (χ0n) is 16.2. The third-order valence-electron chi connectivity index (χ3n) is 5.04. The van der Waals surface area contributed by atoms with Gasteiger partial charge in [-0.15, -0.1) is 0 Å². The highest BCUT2D eigenvalue weighted by atomic mass is 19.1. The fourth-order valence-corrected chi connectivity index (χ4v) is 3.54. The van der Waals surface area contributed by atoms with Gasteiger partial charge in [0.2, 0.25) is 5.95 Å². The summed E-state index contributed by atoms with van der Waals surface area (Å²) in [5, 5.41) is 7.47. The lowest BCUT2D eigenvalue weighted by Crippen LogP contribution is -2.36. The molecule has 30 heavy (non-hydrogen) atoms. The van der Waals surface area contributed by atoms with Crippen molar-refractivity contribution in [2.75, 3.05) is 41.8 Å². The second-order valence-electron chi connectivity index (χ2n) is 7.06. The zero-order chi connectivity index (χ0) is 20.3. The van der Waals surface area contributed by atoms with Gasteiger partial charge in [0.15, 0.2) is 0 Å². The van der Waals surface area contributed by atoms with E-state index in [1.54, 1.807) is 18.3 Å². The van der Waals surface area contributed by atoms with E-state index in [0.717, 1.165) is 16.6 Å². The van der Waals surface area contributed by atoms with Gasteiger partial charge in [-0.2, -0.15) is 4.98 Å². The van der Waals surface area contributed by atoms with Crippen LogP contribution in [-0.2, 0) is 4.74 Å². The van der Waals surface area contributed by atoms with E-state index in [9.17, 15) is 4.39 Å². The minimum atomic E-state index is -0.281. The Labute approximate surface area is 172 Å². The number of hydrogen-bond acceptors (Lipinski definition) is 6. The third kappa shape index (κ3) is 3.90. The van der Waals surface area contributed by atoms with Crippen LogP contribution in [0.5, 0.6) is 0 Å². The monoisotopic (exact) mass is 404 g/mol. The summed E-state index contributed by atoms with van der Waals surface area (Å²) in [5.74, 6) is 0.755. The molecule has 0 radical (unpaired) electrons. The number of benzene rings is 2. The van der Waals surface area contributed by atoms with Gasteiger partial charge in [0.25, 0.3) is 0 Å². The molecular formula is C22H21FN6O. The molecule has 5 rings (SSSR count). The van der Waals surface area contributed by atoms with Crippen LogP contribution in [0.25, 0.3) is 10.9 Å². The van der Waals surface area contributed by atoms with Crippen molar-refractivity contribution < 1.29 is 9.13 Å². The van der Waals surface area contributed by atoms with Gasteiger partial charge in [-0.1, -0.05) is 0 Å². The van der Waals surface area contributed by atoms with Gasteiger partial charge in [0.1, 0.15) is 11.6 Å². The first-order valence-electron chi connectivity index (χ1n) is 9.81. The molecule has 3 heterocycles. The highest BCUT2D eigenvalue weighted by molar-refractivity contribution is 5.83. The van der Waals surface area contributed by atoms with E-state index in [0.29, 0.717) is 49.4 Å². The van der Waals surface area contributed by atoms with Gasteiger partial charge in [-0.25, -0.2) is 9.37 Å². The highest BCUT2D eigenvalue weighted by Crippen LogP contribution is 2.26. The van der Waals surface area contributed by atoms with Gasteiger partial charge < -0.3 is 25.3 Å². The van der Waals surface area contributed by atoms with Crippen LogP contribution in [0.3, 0.4) is 0 Å². The summed E-state index contributed by atoms with van der Waals surface area (Å²) >= 11 is 0. The quantitative estimate of drug-likeness (QED) is 0.457. The van der Waals surface area contributed by atoms with Crippen molar-refractivity contribution in [1.29, 1.82) is 0 Å². The fourth-order valence-electron chi connectivity index (χ4n) is 3.54. The van der Waals surface area contributed by atoms with Crippen molar-refractivity contribution in [3.63, 3.8) is 0 Å². The molecule has 8 heteroatoms. The number of halogens is 1. The van der Waals surface area contributed by atoms with Crippen molar-refractivity contribution in [3.8, 4) is 0 Å². The number of aromatic amines is 1. The molecule has 7 nitrogen and oxygen atoms in total. The number of nitrogens with zero attached hydrogens (tertiary/aromatic N) is 3. The van der Waals surface area contributed by atoms with Crippen molar-refractivity contribution in [3.05, 3.63) is 66.7 Å². The van der Waals surface area contributed by atoms with E-state index in [1.807, 2.05) is 41.4 Å². The van der Waals surface area contributed by atoms with Crippen molar-refractivity contribution >= 4 is 39.7 Å².